The van der Waals surface area contributed by atoms with Crippen molar-refractivity contribution in [2.45, 2.75) is 39.7 Å². The Labute approximate surface area is 121 Å². The quantitative estimate of drug-likeness (QED) is 0.792. The third-order valence-corrected chi connectivity index (χ3v) is 3.38. The molecule has 1 N–H and O–H groups in total. The summed E-state index contributed by atoms with van der Waals surface area (Å²) in [6, 6.07) is -0.115. The van der Waals surface area contributed by atoms with Crippen molar-refractivity contribution in [3.8, 4) is 12.3 Å². The highest BCUT2D eigenvalue weighted by Crippen LogP contribution is 2.08. The van der Waals surface area contributed by atoms with Gasteiger partial charge in [-0.25, -0.2) is 4.79 Å². The summed E-state index contributed by atoms with van der Waals surface area (Å²) in [5, 5.41) is 2.89. The molecule has 1 aliphatic rings. The minimum atomic E-state index is -0.0911. The highest BCUT2D eigenvalue weighted by Gasteiger charge is 2.23. The van der Waals surface area contributed by atoms with Crippen LogP contribution in [0.15, 0.2) is 0 Å². The van der Waals surface area contributed by atoms with E-state index in [0.717, 1.165) is 13.0 Å². The highest BCUT2D eigenvalue weighted by atomic mass is 16.2. The van der Waals surface area contributed by atoms with Gasteiger partial charge in [-0.15, -0.1) is 12.3 Å². The maximum Gasteiger partial charge on any atom is 0.317 e. The molecule has 3 amide bonds. The van der Waals surface area contributed by atoms with Crippen LogP contribution in [0, 0.1) is 18.3 Å². The van der Waals surface area contributed by atoms with Gasteiger partial charge in [0.2, 0.25) is 5.91 Å². The zero-order valence-electron chi connectivity index (χ0n) is 12.7. The van der Waals surface area contributed by atoms with Crippen LogP contribution in [0.3, 0.4) is 0 Å². The van der Waals surface area contributed by atoms with E-state index in [9.17, 15) is 9.59 Å². The van der Waals surface area contributed by atoms with E-state index in [1.165, 1.54) is 0 Å². The fourth-order valence-electron chi connectivity index (χ4n) is 2.24. The van der Waals surface area contributed by atoms with Gasteiger partial charge >= 0.3 is 6.03 Å². The standard InChI is InChI=1S/C15H25N3O2/c1-5-7-13(4)16-15(20)18-9-6-8-17(10-11-18)14(19)12(2)3/h1,12-13H,6-11H2,2-4H3,(H,16,20)/t13-/m0/s1. The molecule has 0 aromatic rings. The molecule has 0 unspecified atom stereocenters. The molecular formula is C15H25N3O2. The number of urea groups is 1. The lowest BCUT2D eigenvalue weighted by atomic mass is 10.2. The lowest BCUT2D eigenvalue weighted by molar-refractivity contribution is -0.134. The van der Waals surface area contributed by atoms with Gasteiger partial charge in [-0.3, -0.25) is 4.79 Å². The molecule has 1 saturated heterocycles. The molecule has 1 fully saturated rings. The van der Waals surface area contributed by atoms with E-state index in [1.54, 1.807) is 4.90 Å². The van der Waals surface area contributed by atoms with Crippen LogP contribution >= 0.6 is 0 Å². The molecule has 20 heavy (non-hydrogen) atoms. The van der Waals surface area contributed by atoms with E-state index in [4.69, 9.17) is 6.42 Å². The molecule has 1 atom stereocenters. The SMILES string of the molecule is C#CC[C@H](C)NC(=O)N1CCCN(C(=O)C(C)C)CC1. The van der Waals surface area contributed by atoms with Gasteiger partial charge in [0.25, 0.3) is 0 Å². The first-order valence-corrected chi connectivity index (χ1v) is 7.23. The number of carbonyl (C=O) groups is 2. The van der Waals surface area contributed by atoms with Crippen LogP contribution in [0.2, 0.25) is 0 Å². The van der Waals surface area contributed by atoms with Gasteiger partial charge in [0.1, 0.15) is 0 Å². The van der Waals surface area contributed by atoms with Gasteiger partial charge in [-0.2, -0.15) is 0 Å². The molecule has 0 spiro atoms. The molecule has 0 bridgehead atoms. The van der Waals surface area contributed by atoms with Crippen molar-refractivity contribution >= 4 is 11.9 Å². The summed E-state index contributed by atoms with van der Waals surface area (Å²) in [5.74, 6) is 2.70. The van der Waals surface area contributed by atoms with Crippen LogP contribution in [-0.4, -0.2) is 54.0 Å². The number of amides is 3. The van der Waals surface area contributed by atoms with E-state index in [1.807, 2.05) is 25.7 Å². The topological polar surface area (TPSA) is 52.7 Å². The number of nitrogens with one attached hydrogen (secondary N) is 1. The van der Waals surface area contributed by atoms with Crippen LogP contribution < -0.4 is 5.32 Å². The fourth-order valence-corrected chi connectivity index (χ4v) is 2.24. The summed E-state index contributed by atoms with van der Waals surface area (Å²) in [6.45, 7) is 8.28. The molecule has 0 aromatic carbocycles. The summed E-state index contributed by atoms with van der Waals surface area (Å²) in [6.07, 6.45) is 6.57. The molecule has 5 heteroatoms. The van der Waals surface area contributed by atoms with E-state index in [2.05, 4.69) is 11.2 Å². The first-order chi connectivity index (χ1) is 9.45. The van der Waals surface area contributed by atoms with E-state index in [0.29, 0.717) is 26.1 Å². The average molecular weight is 279 g/mol. The monoisotopic (exact) mass is 279 g/mol. The molecule has 0 aromatic heterocycles. The Kier molecular flexibility index (Phi) is 6.37. The molecular weight excluding hydrogens is 254 g/mol. The Morgan fingerprint density at radius 3 is 2.35 bits per heavy atom. The molecule has 0 saturated carbocycles. The smallest absolute Gasteiger partial charge is 0.317 e. The summed E-state index contributed by atoms with van der Waals surface area (Å²) in [4.78, 5) is 27.7. The molecule has 1 heterocycles. The van der Waals surface area contributed by atoms with E-state index < -0.39 is 0 Å². The lowest BCUT2D eigenvalue weighted by Crippen LogP contribution is -2.45. The minimum Gasteiger partial charge on any atom is -0.341 e. The zero-order valence-corrected chi connectivity index (χ0v) is 12.7. The second-order valence-corrected chi connectivity index (χ2v) is 5.58. The van der Waals surface area contributed by atoms with E-state index in [-0.39, 0.29) is 23.9 Å². The summed E-state index contributed by atoms with van der Waals surface area (Å²) in [5.41, 5.74) is 0. The van der Waals surface area contributed by atoms with Crippen molar-refractivity contribution in [1.29, 1.82) is 0 Å². The van der Waals surface area contributed by atoms with Crippen molar-refractivity contribution < 1.29 is 9.59 Å². The van der Waals surface area contributed by atoms with Gasteiger partial charge in [0, 0.05) is 44.6 Å². The Morgan fingerprint density at radius 2 is 1.75 bits per heavy atom. The number of nitrogens with zero attached hydrogens (tertiary/aromatic N) is 2. The minimum absolute atomic E-state index is 0.00558. The molecule has 0 aliphatic carbocycles. The molecule has 112 valence electrons. The first kappa shape index (κ1) is 16.4. The second-order valence-electron chi connectivity index (χ2n) is 5.58. The largest absolute Gasteiger partial charge is 0.341 e. The third kappa shape index (κ3) is 4.76. The third-order valence-electron chi connectivity index (χ3n) is 3.38. The van der Waals surface area contributed by atoms with Crippen molar-refractivity contribution in [3.05, 3.63) is 0 Å². The molecule has 1 aliphatic heterocycles. The Hall–Kier alpha value is -1.70. The van der Waals surface area contributed by atoms with Crippen LogP contribution in [0.5, 0.6) is 0 Å². The van der Waals surface area contributed by atoms with Gasteiger partial charge in [-0.1, -0.05) is 13.8 Å². The van der Waals surface area contributed by atoms with Gasteiger partial charge in [0.15, 0.2) is 0 Å². The van der Waals surface area contributed by atoms with Crippen LogP contribution in [0.1, 0.15) is 33.6 Å². The first-order valence-electron chi connectivity index (χ1n) is 7.23. The van der Waals surface area contributed by atoms with Crippen molar-refractivity contribution in [1.82, 2.24) is 15.1 Å². The summed E-state index contributed by atoms with van der Waals surface area (Å²) >= 11 is 0. The van der Waals surface area contributed by atoms with Gasteiger partial charge < -0.3 is 15.1 Å². The van der Waals surface area contributed by atoms with Crippen LogP contribution in [0.4, 0.5) is 4.79 Å². The number of rotatable bonds is 3. The van der Waals surface area contributed by atoms with Crippen molar-refractivity contribution in [2.75, 3.05) is 26.2 Å². The molecule has 5 nitrogen and oxygen atoms in total. The molecule has 1 rings (SSSR count). The second kappa shape index (κ2) is 7.78. The number of carbonyl (C=O) groups excluding carboxylic acids is 2. The van der Waals surface area contributed by atoms with Gasteiger partial charge in [0.05, 0.1) is 0 Å². The van der Waals surface area contributed by atoms with Crippen molar-refractivity contribution in [3.63, 3.8) is 0 Å². The van der Waals surface area contributed by atoms with Gasteiger partial charge in [-0.05, 0) is 13.3 Å². The highest BCUT2D eigenvalue weighted by molar-refractivity contribution is 5.78. The Morgan fingerprint density at radius 1 is 1.15 bits per heavy atom. The Balaban J connectivity index is 2.49. The summed E-state index contributed by atoms with van der Waals surface area (Å²) in [7, 11) is 0. The van der Waals surface area contributed by atoms with Crippen LogP contribution in [0.25, 0.3) is 0 Å². The summed E-state index contributed by atoms with van der Waals surface area (Å²) < 4.78 is 0. The number of hydrogen-bond donors (Lipinski definition) is 1. The van der Waals surface area contributed by atoms with Crippen LogP contribution in [-0.2, 0) is 4.79 Å². The lowest BCUT2D eigenvalue weighted by Gasteiger charge is -2.24. The number of hydrogen-bond acceptors (Lipinski definition) is 2. The van der Waals surface area contributed by atoms with E-state index >= 15 is 0 Å². The Bertz CT molecular complexity index is 387. The zero-order chi connectivity index (χ0) is 15.1. The molecule has 0 radical (unpaired) electrons. The predicted molar refractivity (Wildman–Crippen MR) is 79.1 cm³/mol. The normalized spacial score (nSPS) is 17.4. The van der Waals surface area contributed by atoms with Crippen molar-refractivity contribution in [2.24, 2.45) is 5.92 Å². The average Bonchev–Trinajstić information content (AvgIpc) is 2.63. The predicted octanol–water partition coefficient (Wildman–Crippen LogP) is 1.30. The maximum absolute atomic E-state index is 12.1. The fraction of sp³-hybridized carbons (Fsp3) is 0.733. The maximum atomic E-state index is 12.1. The number of terminal acetylenes is 1.